The van der Waals surface area contributed by atoms with Crippen LogP contribution in [0, 0.1) is 6.92 Å². The van der Waals surface area contributed by atoms with Crippen molar-refractivity contribution in [2.75, 3.05) is 0 Å². The summed E-state index contributed by atoms with van der Waals surface area (Å²) in [5.74, 6) is 0. The Morgan fingerprint density at radius 1 is 1.06 bits per heavy atom. The normalized spacial score (nSPS) is 11.9. The molecule has 0 radical (unpaired) electrons. The van der Waals surface area contributed by atoms with E-state index in [-0.39, 0.29) is 10.0 Å². The summed E-state index contributed by atoms with van der Waals surface area (Å²) >= 11 is 13.2. The maximum atomic E-state index is 12.6. The van der Waals surface area contributed by atoms with Crippen LogP contribution in [0.25, 0.3) is 10.4 Å². The lowest BCUT2D eigenvalue weighted by Gasteiger charge is -2.11. The molecular weight excluding hydrogens is 304 g/mol. The third kappa shape index (κ3) is 2.66. The quantitative estimate of drug-likeness (QED) is 0.601. The molecule has 18 heavy (non-hydrogen) atoms. The summed E-state index contributed by atoms with van der Waals surface area (Å²) in [7, 11) is 0. The largest absolute Gasteiger partial charge is 0.416 e. The summed E-state index contributed by atoms with van der Waals surface area (Å²) in [6.07, 6.45) is -4.45. The number of aryl methyl sites for hydroxylation is 1. The highest BCUT2D eigenvalue weighted by Gasteiger charge is 2.32. The summed E-state index contributed by atoms with van der Waals surface area (Å²) < 4.78 is 37.7. The van der Waals surface area contributed by atoms with Gasteiger partial charge in [-0.15, -0.1) is 11.3 Å². The molecule has 2 rings (SSSR count). The molecule has 0 amide bonds. The predicted octanol–water partition coefficient (Wildman–Crippen LogP) is 6.05. The van der Waals surface area contributed by atoms with Gasteiger partial charge in [0.25, 0.3) is 0 Å². The summed E-state index contributed by atoms with van der Waals surface area (Å²) in [6.45, 7) is 1.90. The maximum absolute atomic E-state index is 12.6. The van der Waals surface area contributed by atoms with E-state index in [1.54, 1.807) is 6.07 Å². The van der Waals surface area contributed by atoms with Gasteiger partial charge in [0.2, 0.25) is 0 Å². The molecule has 0 bridgehead atoms. The highest BCUT2D eigenvalue weighted by molar-refractivity contribution is 7.15. The van der Waals surface area contributed by atoms with Crippen LogP contribution in [0.5, 0.6) is 0 Å². The van der Waals surface area contributed by atoms with Crippen molar-refractivity contribution in [1.29, 1.82) is 0 Å². The molecular formula is C12H7Cl2F3S. The summed E-state index contributed by atoms with van der Waals surface area (Å²) in [5, 5.41) is 0.0216. The van der Waals surface area contributed by atoms with Gasteiger partial charge in [-0.3, -0.25) is 0 Å². The molecule has 0 N–H and O–H groups in total. The first kappa shape index (κ1) is 13.7. The fourth-order valence-corrected chi connectivity index (χ4v) is 3.28. The molecule has 1 heterocycles. The molecule has 96 valence electrons. The maximum Gasteiger partial charge on any atom is 0.416 e. The van der Waals surface area contributed by atoms with Crippen LogP contribution >= 0.6 is 34.5 Å². The van der Waals surface area contributed by atoms with Crippen molar-refractivity contribution in [1.82, 2.24) is 0 Å². The van der Waals surface area contributed by atoms with E-state index >= 15 is 0 Å². The lowest BCUT2D eigenvalue weighted by atomic mass is 10.1. The summed E-state index contributed by atoms with van der Waals surface area (Å²) in [5.41, 5.74) is -0.390. The Bertz CT molecular complexity index is 564. The summed E-state index contributed by atoms with van der Waals surface area (Å²) in [4.78, 5) is 1.80. The topological polar surface area (TPSA) is 0 Å². The standard InChI is InChI=1S/C12H7Cl2F3S/c1-6-2-3-10(18-6)11-8(13)4-7(5-9(11)14)12(15,16)17/h2-5H,1H3. The van der Waals surface area contributed by atoms with Gasteiger partial charge in [0.05, 0.1) is 15.6 Å². The second-order valence-corrected chi connectivity index (χ2v) is 5.83. The molecule has 0 aliphatic carbocycles. The Kier molecular flexibility index (Phi) is 3.63. The third-order valence-electron chi connectivity index (χ3n) is 2.36. The third-order valence-corrected chi connectivity index (χ3v) is 3.97. The average Bonchev–Trinajstić information content (AvgIpc) is 2.62. The van der Waals surface area contributed by atoms with Crippen LogP contribution in [-0.2, 0) is 6.18 Å². The van der Waals surface area contributed by atoms with Crippen molar-refractivity contribution in [2.24, 2.45) is 0 Å². The van der Waals surface area contributed by atoms with E-state index in [1.165, 1.54) is 11.3 Å². The molecule has 1 aromatic heterocycles. The molecule has 0 unspecified atom stereocenters. The van der Waals surface area contributed by atoms with Crippen molar-refractivity contribution < 1.29 is 13.2 Å². The SMILES string of the molecule is Cc1ccc(-c2c(Cl)cc(C(F)(F)F)cc2Cl)s1. The number of hydrogen-bond donors (Lipinski definition) is 0. The molecule has 0 atom stereocenters. The van der Waals surface area contributed by atoms with Crippen LogP contribution in [0.4, 0.5) is 13.2 Å². The molecule has 0 spiro atoms. The van der Waals surface area contributed by atoms with E-state index < -0.39 is 11.7 Å². The van der Waals surface area contributed by atoms with Gasteiger partial charge in [-0.25, -0.2) is 0 Å². The van der Waals surface area contributed by atoms with Crippen LogP contribution in [0.3, 0.4) is 0 Å². The Morgan fingerprint density at radius 2 is 1.61 bits per heavy atom. The average molecular weight is 311 g/mol. The Balaban J connectivity index is 2.58. The molecule has 2 aromatic rings. The second-order valence-electron chi connectivity index (χ2n) is 3.72. The van der Waals surface area contributed by atoms with E-state index in [0.29, 0.717) is 5.56 Å². The van der Waals surface area contributed by atoms with E-state index in [1.807, 2.05) is 13.0 Å². The van der Waals surface area contributed by atoms with Gasteiger partial charge in [0.1, 0.15) is 0 Å². The predicted molar refractivity (Wildman–Crippen MR) is 69.5 cm³/mol. The zero-order chi connectivity index (χ0) is 13.5. The first-order valence-corrected chi connectivity index (χ1v) is 6.49. The van der Waals surface area contributed by atoms with E-state index in [2.05, 4.69) is 0 Å². The molecule has 6 heteroatoms. The number of thiophene rings is 1. The van der Waals surface area contributed by atoms with Crippen LogP contribution in [0.1, 0.15) is 10.4 Å². The van der Waals surface area contributed by atoms with Crippen molar-refractivity contribution >= 4 is 34.5 Å². The Labute approximate surface area is 116 Å². The highest BCUT2D eigenvalue weighted by Crippen LogP contribution is 2.42. The van der Waals surface area contributed by atoms with Crippen LogP contribution < -0.4 is 0 Å². The summed E-state index contributed by atoms with van der Waals surface area (Å²) in [6, 6.07) is 5.46. The van der Waals surface area contributed by atoms with Crippen molar-refractivity contribution in [3.05, 3.63) is 44.8 Å². The van der Waals surface area contributed by atoms with Crippen molar-refractivity contribution in [3.8, 4) is 10.4 Å². The lowest BCUT2D eigenvalue weighted by Crippen LogP contribution is -2.05. The van der Waals surface area contributed by atoms with Gasteiger partial charge in [-0.1, -0.05) is 23.2 Å². The minimum absolute atomic E-state index is 0.0108. The first-order chi connectivity index (χ1) is 8.29. The molecule has 0 saturated carbocycles. The molecule has 0 aliphatic heterocycles. The Morgan fingerprint density at radius 3 is 2.00 bits per heavy atom. The smallest absolute Gasteiger partial charge is 0.166 e. The van der Waals surface area contributed by atoms with Crippen LogP contribution in [0.15, 0.2) is 24.3 Å². The van der Waals surface area contributed by atoms with Gasteiger partial charge in [0, 0.05) is 15.3 Å². The molecule has 0 saturated heterocycles. The number of hydrogen-bond acceptors (Lipinski definition) is 1. The minimum Gasteiger partial charge on any atom is -0.166 e. The number of rotatable bonds is 1. The van der Waals surface area contributed by atoms with Gasteiger partial charge >= 0.3 is 6.18 Å². The molecule has 0 aliphatic rings. The molecule has 0 fully saturated rings. The fraction of sp³-hybridized carbons (Fsp3) is 0.167. The van der Waals surface area contributed by atoms with Crippen LogP contribution in [0.2, 0.25) is 10.0 Å². The monoisotopic (exact) mass is 310 g/mol. The minimum atomic E-state index is -4.45. The Hall–Kier alpha value is -0.710. The zero-order valence-electron chi connectivity index (χ0n) is 9.11. The van der Waals surface area contributed by atoms with E-state index in [0.717, 1.165) is 21.9 Å². The first-order valence-electron chi connectivity index (χ1n) is 4.92. The lowest BCUT2D eigenvalue weighted by molar-refractivity contribution is -0.137. The van der Waals surface area contributed by atoms with Crippen molar-refractivity contribution in [2.45, 2.75) is 13.1 Å². The zero-order valence-corrected chi connectivity index (χ0v) is 11.4. The number of alkyl halides is 3. The van der Waals surface area contributed by atoms with Gasteiger partial charge in [-0.2, -0.15) is 13.2 Å². The van der Waals surface area contributed by atoms with Crippen molar-refractivity contribution in [3.63, 3.8) is 0 Å². The highest BCUT2D eigenvalue weighted by atomic mass is 35.5. The van der Waals surface area contributed by atoms with Gasteiger partial charge in [0.15, 0.2) is 0 Å². The second kappa shape index (κ2) is 4.76. The number of benzene rings is 1. The van der Waals surface area contributed by atoms with Crippen LogP contribution in [-0.4, -0.2) is 0 Å². The van der Waals surface area contributed by atoms with Gasteiger partial charge < -0.3 is 0 Å². The van der Waals surface area contributed by atoms with E-state index in [9.17, 15) is 13.2 Å². The molecule has 1 aromatic carbocycles. The molecule has 0 nitrogen and oxygen atoms in total. The number of halogens is 5. The van der Waals surface area contributed by atoms with Gasteiger partial charge in [-0.05, 0) is 31.2 Å². The fourth-order valence-electron chi connectivity index (χ4n) is 1.54. The van der Waals surface area contributed by atoms with E-state index in [4.69, 9.17) is 23.2 Å².